The number of carbonyl (C=O) groups is 4. The third-order valence-corrected chi connectivity index (χ3v) is 8.57. The number of methoxy groups -OCH3 is 1. The maximum atomic E-state index is 14.2. The Morgan fingerprint density at radius 1 is 0.980 bits per heavy atom. The van der Waals surface area contributed by atoms with Gasteiger partial charge in [-0.1, -0.05) is 12.1 Å². The van der Waals surface area contributed by atoms with Crippen molar-refractivity contribution in [2.24, 2.45) is 0 Å². The lowest BCUT2D eigenvalue weighted by atomic mass is 9.93. The van der Waals surface area contributed by atoms with E-state index < -0.39 is 29.5 Å². The molecule has 2 aromatic heterocycles. The molecule has 3 heterocycles. The van der Waals surface area contributed by atoms with E-state index in [1.54, 1.807) is 56.4 Å². The van der Waals surface area contributed by atoms with Crippen molar-refractivity contribution in [1.29, 1.82) is 0 Å². The van der Waals surface area contributed by atoms with Gasteiger partial charge in [0.05, 0.1) is 13.7 Å². The molecule has 2 aromatic carbocycles. The second kappa shape index (κ2) is 14.5. The average molecular weight is 685 g/mol. The summed E-state index contributed by atoms with van der Waals surface area (Å²) in [6, 6.07) is 14.0. The number of aromatic nitrogens is 1. The molecular formula is C37H40N4O7S. The average Bonchev–Trinajstić information content (AvgIpc) is 3.44. The van der Waals surface area contributed by atoms with Gasteiger partial charge in [-0.25, -0.2) is 14.6 Å². The van der Waals surface area contributed by atoms with Crippen LogP contribution in [0, 0.1) is 6.92 Å². The number of esters is 1. The first-order valence-electron chi connectivity index (χ1n) is 15.9. The highest BCUT2D eigenvalue weighted by Gasteiger charge is 2.27. The number of amides is 3. The van der Waals surface area contributed by atoms with Gasteiger partial charge in [0.15, 0.2) is 5.69 Å². The number of nitrogens with zero attached hydrogens (tertiary/aromatic N) is 1. The fourth-order valence-corrected chi connectivity index (χ4v) is 6.35. The maximum Gasteiger partial charge on any atom is 0.407 e. The summed E-state index contributed by atoms with van der Waals surface area (Å²) < 4.78 is 16.6. The largest absolute Gasteiger partial charge is 0.493 e. The Morgan fingerprint density at radius 2 is 1.76 bits per heavy atom. The lowest BCUT2D eigenvalue weighted by molar-refractivity contribution is 0.0522. The SMILES string of the molecule is COC(=O)c1nc(C(=O)NC(C)C)ccc1-c1cc2c(cc1C(=O)Nc1ccc(CNC(=O)OC(C)(C)C)cc1C)-c1sccc1CCO2. The first-order chi connectivity index (χ1) is 23.2. The van der Waals surface area contributed by atoms with E-state index in [4.69, 9.17) is 14.2 Å². The first-order valence-corrected chi connectivity index (χ1v) is 16.8. The second-order valence-electron chi connectivity index (χ2n) is 12.9. The Balaban J connectivity index is 1.55. The summed E-state index contributed by atoms with van der Waals surface area (Å²) in [5, 5.41) is 10.6. The van der Waals surface area contributed by atoms with E-state index in [0.717, 1.165) is 27.1 Å². The number of pyridine rings is 1. The zero-order valence-electron chi connectivity index (χ0n) is 28.6. The predicted molar refractivity (Wildman–Crippen MR) is 188 cm³/mol. The van der Waals surface area contributed by atoms with Crippen LogP contribution < -0.4 is 20.7 Å². The third-order valence-electron chi connectivity index (χ3n) is 7.58. The van der Waals surface area contributed by atoms with Crippen LogP contribution in [0.4, 0.5) is 10.5 Å². The van der Waals surface area contributed by atoms with Crippen LogP contribution in [0.3, 0.4) is 0 Å². The fourth-order valence-electron chi connectivity index (χ4n) is 5.37. The molecule has 0 aliphatic carbocycles. The molecule has 3 N–H and O–H groups in total. The molecule has 0 fully saturated rings. The second-order valence-corrected chi connectivity index (χ2v) is 13.9. The van der Waals surface area contributed by atoms with Crippen molar-refractivity contribution in [3.8, 4) is 27.3 Å². The number of ether oxygens (including phenoxy) is 3. The van der Waals surface area contributed by atoms with Crippen LogP contribution in [0.1, 0.15) is 82.6 Å². The molecule has 0 saturated carbocycles. The number of hydrogen-bond donors (Lipinski definition) is 3. The smallest absolute Gasteiger partial charge is 0.407 e. The zero-order valence-corrected chi connectivity index (χ0v) is 29.4. The molecule has 1 aliphatic heterocycles. The number of alkyl carbamates (subject to hydrolysis) is 1. The number of carbonyl (C=O) groups excluding carboxylic acids is 4. The van der Waals surface area contributed by atoms with Gasteiger partial charge < -0.3 is 30.2 Å². The zero-order chi connectivity index (χ0) is 35.5. The van der Waals surface area contributed by atoms with E-state index in [1.165, 1.54) is 13.2 Å². The van der Waals surface area contributed by atoms with Crippen LogP contribution in [-0.2, 0) is 22.4 Å². The number of aryl methyl sites for hydroxylation is 1. The molecule has 3 amide bonds. The van der Waals surface area contributed by atoms with Gasteiger partial charge in [0.1, 0.15) is 17.0 Å². The number of thiophene rings is 1. The highest BCUT2D eigenvalue weighted by Crippen LogP contribution is 2.43. The number of benzene rings is 2. The Labute approximate surface area is 289 Å². The van der Waals surface area contributed by atoms with Gasteiger partial charge >= 0.3 is 12.1 Å². The van der Waals surface area contributed by atoms with Crippen molar-refractivity contribution in [3.05, 3.63) is 87.6 Å². The third kappa shape index (κ3) is 8.26. The molecule has 0 bridgehead atoms. The summed E-state index contributed by atoms with van der Waals surface area (Å²) in [6.07, 6.45) is 0.179. The van der Waals surface area contributed by atoms with Crippen LogP contribution in [0.5, 0.6) is 5.75 Å². The summed E-state index contributed by atoms with van der Waals surface area (Å²) in [6.45, 7) is 11.6. The van der Waals surface area contributed by atoms with Gasteiger partial charge in [0.2, 0.25) is 0 Å². The molecular weight excluding hydrogens is 644 g/mol. The molecule has 0 spiro atoms. The molecule has 49 heavy (non-hydrogen) atoms. The van der Waals surface area contributed by atoms with E-state index in [-0.39, 0.29) is 29.5 Å². The van der Waals surface area contributed by atoms with E-state index in [2.05, 4.69) is 27.0 Å². The van der Waals surface area contributed by atoms with Crippen LogP contribution in [0.25, 0.3) is 21.6 Å². The number of nitrogens with one attached hydrogen (secondary N) is 3. The van der Waals surface area contributed by atoms with Crippen molar-refractivity contribution in [1.82, 2.24) is 15.6 Å². The van der Waals surface area contributed by atoms with Crippen molar-refractivity contribution < 1.29 is 33.4 Å². The van der Waals surface area contributed by atoms with Gasteiger partial charge in [-0.15, -0.1) is 11.3 Å². The molecule has 1 aliphatic rings. The fraction of sp³-hybridized carbons (Fsp3) is 0.324. The van der Waals surface area contributed by atoms with E-state index >= 15 is 0 Å². The first kappa shape index (κ1) is 35.1. The molecule has 256 valence electrons. The summed E-state index contributed by atoms with van der Waals surface area (Å²) in [5.41, 5.74) is 4.31. The van der Waals surface area contributed by atoms with Crippen LogP contribution in [0.15, 0.2) is 53.9 Å². The molecule has 0 unspecified atom stereocenters. The quantitative estimate of drug-likeness (QED) is 0.170. The van der Waals surface area contributed by atoms with Crippen LogP contribution in [0.2, 0.25) is 0 Å². The summed E-state index contributed by atoms with van der Waals surface area (Å²) in [7, 11) is 1.23. The van der Waals surface area contributed by atoms with Crippen molar-refractivity contribution in [2.45, 2.75) is 66.2 Å². The molecule has 12 heteroatoms. The Bertz CT molecular complexity index is 1930. The number of rotatable bonds is 8. The Hall–Kier alpha value is -5.23. The van der Waals surface area contributed by atoms with E-state index in [0.29, 0.717) is 35.6 Å². The van der Waals surface area contributed by atoms with Crippen molar-refractivity contribution >= 4 is 40.9 Å². The van der Waals surface area contributed by atoms with Crippen molar-refractivity contribution in [3.63, 3.8) is 0 Å². The maximum absolute atomic E-state index is 14.2. The predicted octanol–water partition coefficient (Wildman–Crippen LogP) is 6.92. The van der Waals surface area contributed by atoms with Crippen LogP contribution in [-0.4, -0.2) is 54.2 Å². The number of anilines is 1. The number of hydrogen-bond acceptors (Lipinski definition) is 9. The topological polar surface area (TPSA) is 145 Å². The Kier molecular flexibility index (Phi) is 10.4. The van der Waals surface area contributed by atoms with Gasteiger partial charge in [-0.2, -0.15) is 0 Å². The minimum absolute atomic E-state index is 0.0370. The summed E-state index contributed by atoms with van der Waals surface area (Å²) in [5.74, 6) is -1.08. The lowest BCUT2D eigenvalue weighted by Crippen LogP contribution is -2.32. The highest BCUT2D eigenvalue weighted by atomic mass is 32.1. The van der Waals surface area contributed by atoms with Gasteiger partial charge in [-0.05, 0) is 100 Å². The van der Waals surface area contributed by atoms with E-state index in [9.17, 15) is 19.2 Å². The molecule has 0 saturated heterocycles. The normalized spacial score (nSPS) is 12.2. The van der Waals surface area contributed by atoms with Gasteiger partial charge in [0.25, 0.3) is 11.8 Å². The minimum atomic E-state index is -0.761. The van der Waals surface area contributed by atoms with Gasteiger partial charge in [0, 0.05) is 51.8 Å². The summed E-state index contributed by atoms with van der Waals surface area (Å²) >= 11 is 1.56. The van der Waals surface area contributed by atoms with E-state index in [1.807, 2.05) is 38.3 Å². The Morgan fingerprint density at radius 3 is 2.45 bits per heavy atom. The van der Waals surface area contributed by atoms with Gasteiger partial charge in [-0.3, -0.25) is 9.59 Å². The molecule has 0 atom stereocenters. The summed E-state index contributed by atoms with van der Waals surface area (Å²) in [4.78, 5) is 57.7. The lowest BCUT2D eigenvalue weighted by Gasteiger charge is -2.20. The van der Waals surface area contributed by atoms with Crippen molar-refractivity contribution in [2.75, 3.05) is 19.0 Å². The molecule has 11 nitrogen and oxygen atoms in total. The monoisotopic (exact) mass is 684 g/mol. The molecule has 5 rings (SSSR count). The molecule has 0 radical (unpaired) electrons. The number of fused-ring (bicyclic) bond motifs is 3. The molecule has 4 aromatic rings. The minimum Gasteiger partial charge on any atom is -0.493 e. The van der Waals surface area contributed by atoms with Crippen LogP contribution >= 0.6 is 11.3 Å². The standard InChI is InChI=1S/C37H40N4O7S/c1-20(2)39-34(43)29-11-9-24(31(40-29)35(44)46-7)25-18-30-27(32-23(12-14-47-30)13-15-49-32)17-26(25)33(42)41-28-10-8-22(16-21(28)3)19-38-36(45)48-37(4,5)6/h8-11,13,15-18,20H,12,14,19H2,1-7H3,(H,38,45)(H,39,43)(H,41,42). The highest BCUT2D eigenvalue weighted by molar-refractivity contribution is 7.13.